The molecule has 0 N–H and O–H groups in total. The van der Waals surface area contributed by atoms with Crippen molar-refractivity contribution in [1.82, 2.24) is 14.7 Å². The molecule has 1 atom stereocenters. The average Bonchev–Trinajstić information content (AvgIpc) is 2.96. The highest BCUT2D eigenvalue weighted by Gasteiger charge is 2.53. The van der Waals surface area contributed by atoms with E-state index in [0.717, 1.165) is 13.1 Å². The van der Waals surface area contributed by atoms with Crippen molar-refractivity contribution in [3.8, 4) is 0 Å². The first-order valence-electron chi connectivity index (χ1n) is 8.48. The molecule has 0 aromatic carbocycles. The molecular weight excluding hydrogens is 294 g/mol. The van der Waals surface area contributed by atoms with Crippen LogP contribution in [0, 0.1) is 0 Å². The molecule has 6 heteroatoms. The smallest absolute Gasteiger partial charge is 0.248 e. The monoisotopic (exact) mass is 323 g/mol. The fraction of sp³-hybridized carbons (Fsp3) is 0.765. The number of amides is 2. The van der Waals surface area contributed by atoms with E-state index >= 15 is 0 Å². The molecule has 1 spiro atoms. The molecule has 2 rings (SSSR count). The van der Waals surface area contributed by atoms with Crippen LogP contribution in [0.5, 0.6) is 0 Å². The summed E-state index contributed by atoms with van der Waals surface area (Å²) in [7, 11) is 0. The summed E-state index contributed by atoms with van der Waals surface area (Å²) in [5, 5.41) is 0. The Morgan fingerprint density at radius 3 is 2.74 bits per heavy atom. The lowest BCUT2D eigenvalue weighted by molar-refractivity contribution is -0.153. The number of hydrogen-bond acceptors (Lipinski definition) is 4. The summed E-state index contributed by atoms with van der Waals surface area (Å²) in [6, 6.07) is 0.179. The second kappa shape index (κ2) is 7.45. The van der Waals surface area contributed by atoms with E-state index in [-0.39, 0.29) is 24.5 Å². The highest BCUT2D eigenvalue weighted by atomic mass is 16.5. The summed E-state index contributed by atoms with van der Waals surface area (Å²) in [4.78, 5) is 31.3. The SMILES string of the molecule is C=CCN1CCN(C(C)C)C(=O)[C@]12CCN(C(=O)COCC)C2. The maximum absolute atomic E-state index is 13.1. The van der Waals surface area contributed by atoms with Gasteiger partial charge in [0.2, 0.25) is 11.8 Å². The lowest BCUT2D eigenvalue weighted by atomic mass is 9.90. The van der Waals surface area contributed by atoms with Gasteiger partial charge in [0, 0.05) is 45.4 Å². The van der Waals surface area contributed by atoms with Crippen LogP contribution in [0.2, 0.25) is 0 Å². The van der Waals surface area contributed by atoms with Crippen LogP contribution < -0.4 is 0 Å². The van der Waals surface area contributed by atoms with Crippen molar-refractivity contribution in [2.24, 2.45) is 0 Å². The first-order valence-corrected chi connectivity index (χ1v) is 8.48. The van der Waals surface area contributed by atoms with Gasteiger partial charge in [-0.1, -0.05) is 6.08 Å². The summed E-state index contributed by atoms with van der Waals surface area (Å²) in [6.45, 7) is 13.7. The van der Waals surface area contributed by atoms with Crippen molar-refractivity contribution in [3.63, 3.8) is 0 Å². The molecule has 0 aromatic heterocycles. The summed E-state index contributed by atoms with van der Waals surface area (Å²) in [6.07, 6.45) is 2.52. The van der Waals surface area contributed by atoms with Gasteiger partial charge in [0.15, 0.2) is 0 Å². The third-order valence-electron chi connectivity index (χ3n) is 4.88. The summed E-state index contributed by atoms with van der Waals surface area (Å²) in [5.41, 5.74) is -0.599. The first kappa shape index (κ1) is 17.9. The zero-order valence-electron chi connectivity index (χ0n) is 14.6. The van der Waals surface area contributed by atoms with Gasteiger partial charge in [-0.3, -0.25) is 14.5 Å². The lowest BCUT2D eigenvalue weighted by Gasteiger charge is -2.48. The Morgan fingerprint density at radius 1 is 1.39 bits per heavy atom. The Balaban J connectivity index is 2.18. The van der Waals surface area contributed by atoms with Crippen LogP contribution in [0.3, 0.4) is 0 Å². The van der Waals surface area contributed by atoms with E-state index in [0.29, 0.717) is 32.7 Å². The third-order valence-corrected chi connectivity index (χ3v) is 4.88. The third kappa shape index (κ3) is 3.43. The van der Waals surface area contributed by atoms with Crippen LogP contribution >= 0.6 is 0 Å². The molecule has 2 saturated heterocycles. The predicted octanol–water partition coefficient (Wildman–Crippen LogP) is 0.733. The van der Waals surface area contributed by atoms with Crippen molar-refractivity contribution < 1.29 is 14.3 Å². The van der Waals surface area contributed by atoms with E-state index in [1.54, 1.807) is 4.90 Å². The van der Waals surface area contributed by atoms with E-state index in [9.17, 15) is 9.59 Å². The summed E-state index contributed by atoms with van der Waals surface area (Å²) < 4.78 is 5.23. The van der Waals surface area contributed by atoms with Crippen LogP contribution in [-0.2, 0) is 14.3 Å². The Kier molecular flexibility index (Phi) is 5.81. The number of hydrogen-bond donors (Lipinski definition) is 0. The molecule has 2 heterocycles. The van der Waals surface area contributed by atoms with Crippen LogP contribution in [0.1, 0.15) is 27.2 Å². The van der Waals surface area contributed by atoms with Crippen molar-refractivity contribution in [1.29, 1.82) is 0 Å². The quantitative estimate of drug-likeness (QED) is 0.676. The molecule has 0 bridgehead atoms. The average molecular weight is 323 g/mol. The van der Waals surface area contributed by atoms with Crippen molar-refractivity contribution in [2.45, 2.75) is 38.8 Å². The standard InChI is InChI=1S/C17H29N3O3/c1-5-8-19-10-11-20(14(3)4)16(22)17(19)7-9-18(13-17)15(21)12-23-6-2/h5,14H,1,6-13H2,2-4H3/t17-/m1/s1. The van der Waals surface area contributed by atoms with Crippen LogP contribution in [0.25, 0.3) is 0 Å². The highest BCUT2D eigenvalue weighted by Crippen LogP contribution is 2.33. The zero-order chi connectivity index (χ0) is 17.0. The molecule has 0 aromatic rings. The van der Waals surface area contributed by atoms with Gasteiger partial charge in [-0.25, -0.2) is 0 Å². The number of carbonyl (C=O) groups excluding carboxylic acids is 2. The molecule has 0 unspecified atom stereocenters. The summed E-state index contributed by atoms with van der Waals surface area (Å²) in [5.74, 6) is 0.115. The Labute approximate surface area is 139 Å². The molecule has 6 nitrogen and oxygen atoms in total. The first-order chi connectivity index (χ1) is 11.0. The normalized spacial score (nSPS) is 25.7. The molecular formula is C17H29N3O3. The maximum Gasteiger partial charge on any atom is 0.248 e. The van der Waals surface area contributed by atoms with E-state index in [1.165, 1.54) is 0 Å². The maximum atomic E-state index is 13.1. The van der Waals surface area contributed by atoms with Gasteiger partial charge in [-0.05, 0) is 27.2 Å². The van der Waals surface area contributed by atoms with Gasteiger partial charge in [-0.15, -0.1) is 6.58 Å². The van der Waals surface area contributed by atoms with Crippen molar-refractivity contribution in [2.75, 3.05) is 45.9 Å². The molecule has 23 heavy (non-hydrogen) atoms. The van der Waals surface area contributed by atoms with Gasteiger partial charge < -0.3 is 14.5 Å². The minimum atomic E-state index is -0.599. The number of likely N-dealkylation sites (tertiary alicyclic amines) is 1. The van der Waals surface area contributed by atoms with Crippen molar-refractivity contribution in [3.05, 3.63) is 12.7 Å². The van der Waals surface area contributed by atoms with Gasteiger partial charge in [0.1, 0.15) is 12.1 Å². The fourth-order valence-electron chi connectivity index (χ4n) is 3.58. The Hall–Kier alpha value is -1.40. The van der Waals surface area contributed by atoms with E-state index < -0.39 is 5.54 Å². The van der Waals surface area contributed by atoms with Crippen LogP contribution in [0.4, 0.5) is 0 Å². The molecule has 2 aliphatic rings. The topological polar surface area (TPSA) is 53.1 Å². The molecule has 2 amide bonds. The van der Waals surface area contributed by atoms with Crippen LogP contribution in [0.15, 0.2) is 12.7 Å². The zero-order valence-corrected chi connectivity index (χ0v) is 14.6. The number of piperazine rings is 1. The molecule has 0 aliphatic carbocycles. The second-order valence-electron chi connectivity index (χ2n) is 6.56. The van der Waals surface area contributed by atoms with Crippen molar-refractivity contribution >= 4 is 11.8 Å². The number of nitrogens with zero attached hydrogens (tertiary/aromatic N) is 3. The Bertz CT molecular complexity index is 466. The summed E-state index contributed by atoms with van der Waals surface area (Å²) >= 11 is 0. The molecule has 130 valence electrons. The van der Waals surface area contributed by atoms with Gasteiger partial charge >= 0.3 is 0 Å². The van der Waals surface area contributed by atoms with Gasteiger partial charge in [-0.2, -0.15) is 0 Å². The largest absolute Gasteiger partial charge is 0.372 e. The molecule has 2 fully saturated rings. The second-order valence-corrected chi connectivity index (χ2v) is 6.56. The van der Waals surface area contributed by atoms with Crippen LogP contribution in [-0.4, -0.2) is 84.0 Å². The van der Waals surface area contributed by atoms with Gasteiger partial charge in [0.05, 0.1) is 0 Å². The Morgan fingerprint density at radius 2 is 2.13 bits per heavy atom. The number of carbonyl (C=O) groups is 2. The minimum Gasteiger partial charge on any atom is -0.372 e. The minimum absolute atomic E-state index is 0.0308. The fourth-order valence-corrected chi connectivity index (χ4v) is 3.58. The highest BCUT2D eigenvalue weighted by molar-refractivity contribution is 5.90. The molecule has 0 saturated carbocycles. The van der Waals surface area contributed by atoms with Gasteiger partial charge in [0.25, 0.3) is 0 Å². The van der Waals surface area contributed by atoms with E-state index in [2.05, 4.69) is 11.5 Å². The number of rotatable bonds is 6. The lowest BCUT2D eigenvalue weighted by Crippen LogP contribution is -2.68. The molecule has 0 radical (unpaired) electrons. The number of ether oxygens (including phenoxy) is 1. The molecule has 2 aliphatic heterocycles. The predicted molar refractivity (Wildman–Crippen MR) is 89.0 cm³/mol. The van der Waals surface area contributed by atoms with E-state index in [1.807, 2.05) is 31.7 Å². The van der Waals surface area contributed by atoms with E-state index in [4.69, 9.17) is 4.74 Å².